The van der Waals surface area contributed by atoms with E-state index in [0.717, 1.165) is 17.1 Å². The molecule has 0 atom stereocenters. The lowest BCUT2D eigenvalue weighted by Gasteiger charge is -2.08. The first kappa shape index (κ1) is 12.5. The predicted molar refractivity (Wildman–Crippen MR) is 62.5 cm³/mol. The first-order chi connectivity index (χ1) is 7.15. The monoisotopic (exact) mass is 228 g/mol. The van der Waals surface area contributed by atoms with Gasteiger partial charge in [-0.1, -0.05) is 19.9 Å². The number of benzene rings is 1. The second-order valence-corrected chi connectivity index (χ2v) is 5.04. The molecule has 0 aliphatic carbocycles. The SMILES string of the molecule is CC(C)CCSc1cccc(F)c1CO. The zero-order valence-electron chi connectivity index (χ0n) is 9.16. The first-order valence-corrected chi connectivity index (χ1v) is 6.14. The van der Waals surface area contributed by atoms with E-state index in [1.165, 1.54) is 6.07 Å². The van der Waals surface area contributed by atoms with Gasteiger partial charge in [-0.05, 0) is 30.2 Å². The van der Waals surface area contributed by atoms with E-state index in [1.54, 1.807) is 17.8 Å². The Balaban J connectivity index is 2.64. The summed E-state index contributed by atoms with van der Waals surface area (Å²) in [7, 11) is 0. The Morgan fingerprint density at radius 1 is 1.40 bits per heavy atom. The molecule has 1 rings (SSSR count). The molecule has 1 aromatic rings. The first-order valence-electron chi connectivity index (χ1n) is 5.16. The molecule has 1 N–H and O–H groups in total. The summed E-state index contributed by atoms with van der Waals surface area (Å²) >= 11 is 1.61. The number of aliphatic hydroxyl groups is 1. The van der Waals surface area contributed by atoms with Crippen LogP contribution in [0.2, 0.25) is 0 Å². The van der Waals surface area contributed by atoms with Gasteiger partial charge in [-0.3, -0.25) is 0 Å². The van der Waals surface area contributed by atoms with E-state index < -0.39 is 0 Å². The highest BCUT2D eigenvalue weighted by molar-refractivity contribution is 7.99. The van der Waals surface area contributed by atoms with Crippen LogP contribution in [0.5, 0.6) is 0 Å². The maximum Gasteiger partial charge on any atom is 0.129 e. The smallest absolute Gasteiger partial charge is 0.129 e. The largest absolute Gasteiger partial charge is 0.392 e. The molecule has 15 heavy (non-hydrogen) atoms. The van der Waals surface area contributed by atoms with Crippen LogP contribution in [0.1, 0.15) is 25.8 Å². The number of hydrogen-bond donors (Lipinski definition) is 1. The number of halogens is 1. The lowest BCUT2D eigenvalue weighted by Crippen LogP contribution is -1.95. The fourth-order valence-corrected chi connectivity index (χ4v) is 2.55. The summed E-state index contributed by atoms with van der Waals surface area (Å²) in [5, 5.41) is 9.05. The highest BCUT2D eigenvalue weighted by Crippen LogP contribution is 2.26. The van der Waals surface area contributed by atoms with Crippen LogP contribution in [-0.4, -0.2) is 10.9 Å². The Morgan fingerprint density at radius 3 is 2.73 bits per heavy atom. The van der Waals surface area contributed by atoms with Crippen LogP contribution < -0.4 is 0 Å². The highest BCUT2D eigenvalue weighted by Gasteiger charge is 2.07. The molecule has 0 aliphatic rings. The fraction of sp³-hybridized carbons (Fsp3) is 0.500. The molecule has 0 aromatic heterocycles. The van der Waals surface area contributed by atoms with Crippen molar-refractivity contribution in [3.8, 4) is 0 Å². The topological polar surface area (TPSA) is 20.2 Å². The van der Waals surface area contributed by atoms with E-state index in [2.05, 4.69) is 13.8 Å². The van der Waals surface area contributed by atoms with Gasteiger partial charge in [0.1, 0.15) is 5.82 Å². The lowest BCUT2D eigenvalue weighted by atomic mass is 10.2. The molecule has 0 fully saturated rings. The number of thioether (sulfide) groups is 1. The third-order valence-corrected chi connectivity index (χ3v) is 3.32. The van der Waals surface area contributed by atoms with Crippen LogP contribution in [-0.2, 0) is 6.61 Å². The number of rotatable bonds is 5. The molecule has 0 saturated heterocycles. The van der Waals surface area contributed by atoms with Crippen LogP contribution in [0.25, 0.3) is 0 Å². The van der Waals surface area contributed by atoms with E-state index in [9.17, 15) is 4.39 Å². The Bertz CT molecular complexity index is 312. The second kappa shape index (κ2) is 6.13. The van der Waals surface area contributed by atoms with Crippen LogP contribution in [0.4, 0.5) is 4.39 Å². The van der Waals surface area contributed by atoms with Gasteiger partial charge in [0, 0.05) is 10.5 Å². The summed E-state index contributed by atoms with van der Waals surface area (Å²) in [4.78, 5) is 0.859. The van der Waals surface area contributed by atoms with Crippen LogP contribution in [0, 0.1) is 11.7 Å². The van der Waals surface area contributed by atoms with Crippen molar-refractivity contribution in [1.29, 1.82) is 0 Å². The quantitative estimate of drug-likeness (QED) is 0.779. The van der Waals surface area contributed by atoms with Gasteiger partial charge in [-0.2, -0.15) is 0 Å². The average molecular weight is 228 g/mol. The van der Waals surface area contributed by atoms with E-state index in [-0.39, 0.29) is 12.4 Å². The molecule has 0 bridgehead atoms. The Morgan fingerprint density at radius 2 is 2.13 bits per heavy atom. The number of hydrogen-bond acceptors (Lipinski definition) is 2. The molecular weight excluding hydrogens is 211 g/mol. The van der Waals surface area contributed by atoms with E-state index in [1.807, 2.05) is 6.07 Å². The predicted octanol–water partition coefficient (Wildman–Crippen LogP) is 3.46. The fourth-order valence-electron chi connectivity index (χ4n) is 1.23. The summed E-state index contributed by atoms with van der Waals surface area (Å²) in [6, 6.07) is 4.93. The standard InChI is InChI=1S/C12H17FOS/c1-9(2)6-7-15-12-5-3-4-11(13)10(12)8-14/h3-5,9,14H,6-8H2,1-2H3. The molecule has 0 amide bonds. The molecule has 3 heteroatoms. The van der Waals surface area contributed by atoms with E-state index in [4.69, 9.17) is 5.11 Å². The molecule has 0 heterocycles. The molecule has 1 nitrogen and oxygen atoms in total. The minimum atomic E-state index is -0.313. The molecule has 0 radical (unpaired) electrons. The van der Waals surface area contributed by atoms with Gasteiger partial charge in [-0.25, -0.2) is 4.39 Å². The summed E-state index contributed by atoms with van der Waals surface area (Å²) in [6.07, 6.45) is 1.10. The van der Waals surface area contributed by atoms with Crippen molar-refractivity contribution in [3.05, 3.63) is 29.6 Å². The van der Waals surface area contributed by atoms with Crippen LogP contribution >= 0.6 is 11.8 Å². The Labute approximate surface area is 94.7 Å². The van der Waals surface area contributed by atoms with Gasteiger partial charge in [0.15, 0.2) is 0 Å². The lowest BCUT2D eigenvalue weighted by molar-refractivity contribution is 0.272. The highest BCUT2D eigenvalue weighted by atomic mass is 32.2. The minimum absolute atomic E-state index is 0.226. The van der Waals surface area contributed by atoms with Gasteiger partial charge in [-0.15, -0.1) is 11.8 Å². The van der Waals surface area contributed by atoms with Crippen molar-refractivity contribution >= 4 is 11.8 Å². The molecule has 0 unspecified atom stereocenters. The van der Waals surface area contributed by atoms with Gasteiger partial charge in [0.05, 0.1) is 6.61 Å². The molecule has 1 aromatic carbocycles. The van der Waals surface area contributed by atoms with Crippen molar-refractivity contribution in [2.24, 2.45) is 5.92 Å². The van der Waals surface area contributed by atoms with Crippen molar-refractivity contribution in [2.45, 2.75) is 31.8 Å². The maximum absolute atomic E-state index is 13.3. The summed E-state index contributed by atoms with van der Waals surface area (Å²) in [5.41, 5.74) is 0.422. The molecule has 0 aliphatic heterocycles. The summed E-state index contributed by atoms with van der Waals surface area (Å²) < 4.78 is 13.3. The van der Waals surface area contributed by atoms with Crippen molar-refractivity contribution in [1.82, 2.24) is 0 Å². The van der Waals surface area contributed by atoms with Crippen LogP contribution in [0.15, 0.2) is 23.1 Å². The Hall–Kier alpha value is -0.540. The third kappa shape index (κ3) is 3.84. The molecular formula is C12H17FOS. The van der Waals surface area contributed by atoms with Gasteiger partial charge >= 0.3 is 0 Å². The zero-order valence-corrected chi connectivity index (χ0v) is 9.98. The summed E-state index contributed by atoms with van der Waals surface area (Å²) in [5.74, 6) is 1.31. The zero-order chi connectivity index (χ0) is 11.3. The van der Waals surface area contributed by atoms with Crippen molar-refractivity contribution in [3.63, 3.8) is 0 Å². The molecule has 0 spiro atoms. The number of aliphatic hydroxyl groups excluding tert-OH is 1. The van der Waals surface area contributed by atoms with E-state index in [0.29, 0.717) is 11.5 Å². The van der Waals surface area contributed by atoms with Gasteiger partial charge in [0.2, 0.25) is 0 Å². The van der Waals surface area contributed by atoms with Crippen LogP contribution in [0.3, 0.4) is 0 Å². The summed E-state index contributed by atoms with van der Waals surface area (Å²) in [6.45, 7) is 4.11. The second-order valence-electron chi connectivity index (χ2n) is 3.91. The van der Waals surface area contributed by atoms with Crippen molar-refractivity contribution < 1.29 is 9.50 Å². The third-order valence-electron chi connectivity index (χ3n) is 2.19. The van der Waals surface area contributed by atoms with E-state index >= 15 is 0 Å². The normalized spacial score (nSPS) is 11.0. The average Bonchev–Trinajstić information content (AvgIpc) is 2.17. The van der Waals surface area contributed by atoms with Gasteiger partial charge in [0.25, 0.3) is 0 Å². The Kier molecular flexibility index (Phi) is 5.12. The maximum atomic E-state index is 13.3. The van der Waals surface area contributed by atoms with Crippen molar-refractivity contribution in [2.75, 3.05) is 5.75 Å². The van der Waals surface area contributed by atoms with Gasteiger partial charge < -0.3 is 5.11 Å². The molecule has 84 valence electrons. The minimum Gasteiger partial charge on any atom is -0.392 e. The molecule has 0 saturated carbocycles.